The molecule has 0 spiro atoms. The van der Waals surface area contributed by atoms with Gasteiger partial charge in [0.25, 0.3) is 0 Å². The average molecular weight is 324 g/mol. The van der Waals surface area contributed by atoms with E-state index in [4.69, 9.17) is 21.1 Å². The van der Waals surface area contributed by atoms with Crippen molar-refractivity contribution >= 4 is 11.6 Å². The molecule has 0 heterocycles. The summed E-state index contributed by atoms with van der Waals surface area (Å²) >= 11 is 6.26. The third-order valence-electron chi connectivity index (χ3n) is 3.09. The molecule has 0 saturated heterocycles. The maximum absolute atomic E-state index is 12.9. The fourth-order valence-corrected chi connectivity index (χ4v) is 2.25. The number of rotatable bonds is 7. The molecule has 2 rings (SSSR count). The molecule has 0 unspecified atom stereocenters. The molecular formula is C17H19ClFNO2. The van der Waals surface area contributed by atoms with E-state index in [1.54, 1.807) is 18.2 Å². The molecule has 0 radical (unpaired) electrons. The van der Waals surface area contributed by atoms with Crippen LogP contribution in [0.1, 0.15) is 18.1 Å². The Hall–Kier alpha value is -1.78. The van der Waals surface area contributed by atoms with Gasteiger partial charge in [-0.25, -0.2) is 4.39 Å². The summed E-state index contributed by atoms with van der Waals surface area (Å²) in [4.78, 5) is 0. The fraction of sp³-hybridized carbons (Fsp3) is 0.294. The summed E-state index contributed by atoms with van der Waals surface area (Å²) in [5, 5.41) is 3.68. The Balaban J connectivity index is 2.17. The summed E-state index contributed by atoms with van der Waals surface area (Å²) in [5.41, 5.74) is 1.82. The Morgan fingerprint density at radius 1 is 1.09 bits per heavy atom. The molecule has 0 aromatic heterocycles. The highest BCUT2D eigenvalue weighted by Crippen LogP contribution is 2.34. The molecule has 1 N–H and O–H groups in total. The van der Waals surface area contributed by atoms with Gasteiger partial charge in [0.1, 0.15) is 12.4 Å². The number of halogens is 2. The van der Waals surface area contributed by atoms with Crippen LogP contribution in [0.2, 0.25) is 5.02 Å². The second kappa shape index (κ2) is 8.01. The van der Waals surface area contributed by atoms with Crippen LogP contribution in [-0.4, -0.2) is 13.7 Å². The van der Waals surface area contributed by atoms with E-state index < -0.39 is 0 Å². The predicted molar refractivity (Wildman–Crippen MR) is 86.1 cm³/mol. The normalized spacial score (nSPS) is 10.5. The van der Waals surface area contributed by atoms with Gasteiger partial charge in [0.2, 0.25) is 0 Å². The lowest BCUT2D eigenvalue weighted by molar-refractivity contribution is 0.269. The van der Waals surface area contributed by atoms with Gasteiger partial charge in [0, 0.05) is 17.6 Å². The lowest BCUT2D eigenvalue weighted by atomic mass is 10.2. The highest BCUT2D eigenvalue weighted by Gasteiger charge is 2.11. The Morgan fingerprint density at radius 2 is 1.77 bits per heavy atom. The number of hydrogen-bond donors (Lipinski definition) is 1. The molecular weight excluding hydrogens is 305 g/mol. The zero-order chi connectivity index (χ0) is 15.9. The van der Waals surface area contributed by atoms with E-state index in [0.29, 0.717) is 36.3 Å². The van der Waals surface area contributed by atoms with Crippen molar-refractivity contribution in [1.29, 1.82) is 0 Å². The monoisotopic (exact) mass is 323 g/mol. The molecule has 2 aromatic carbocycles. The topological polar surface area (TPSA) is 30.5 Å². The molecule has 118 valence electrons. The van der Waals surface area contributed by atoms with Crippen LogP contribution in [0.3, 0.4) is 0 Å². The zero-order valence-corrected chi connectivity index (χ0v) is 13.4. The smallest absolute Gasteiger partial charge is 0.163 e. The van der Waals surface area contributed by atoms with Gasteiger partial charge in [-0.15, -0.1) is 0 Å². The molecule has 3 nitrogen and oxygen atoms in total. The van der Waals surface area contributed by atoms with Crippen LogP contribution in [0.15, 0.2) is 36.4 Å². The van der Waals surface area contributed by atoms with Crippen LogP contribution in [0, 0.1) is 5.82 Å². The summed E-state index contributed by atoms with van der Waals surface area (Å²) in [6.07, 6.45) is 0. The van der Waals surface area contributed by atoms with Crippen molar-refractivity contribution in [2.75, 3.05) is 13.7 Å². The molecule has 0 aliphatic heterocycles. The van der Waals surface area contributed by atoms with Crippen LogP contribution in [0.5, 0.6) is 11.5 Å². The van der Waals surface area contributed by atoms with E-state index in [-0.39, 0.29) is 5.82 Å². The molecule has 2 aromatic rings. The summed E-state index contributed by atoms with van der Waals surface area (Å²) < 4.78 is 24.3. The van der Waals surface area contributed by atoms with Crippen LogP contribution >= 0.6 is 11.6 Å². The van der Waals surface area contributed by atoms with Crippen molar-refractivity contribution in [1.82, 2.24) is 5.32 Å². The number of ether oxygens (including phenoxy) is 2. The van der Waals surface area contributed by atoms with Gasteiger partial charge in [-0.2, -0.15) is 0 Å². The van der Waals surface area contributed by atoms with Gasteiger partial charge in [0.15, 0.2) is 11.5 Å². The average Bonchev–Trinajstić information content (AvgIpc) is 2.51. The van der Waals surface area contributed by atoms with Gasteiger partial charge >= 0.3 is 0 Å². The van der Waals surface area contributed by atoms with Crippen LogP contribution in [0.4, 0.5) is 4.39 Å². The number of nitrogens with one attached hydrogen (secondary N) is 1. The van der Waals surface area contributed by atoms with Gasteiger partial charge in [0.05, 0.1) is 6.61 Å². The van der Waals surface area contributed by atoms with E-state index in [2.05, 4.69) is 5.32 Å². The Kier molecular flexibility index (Phi) is 6.04. The second-order valence-corrected chi connectivity index (χ2v) is 5.18. The van der Waals surface area contributed by atoms with Crippen LogP contribution in [-0.2, 0) is 13.2 Å². The SMILES string of the molecule is CCOc1cc(CNC)c(Cl)cc1OCc1ccc(F)cc1. The first-order valence-electron chi connectivity index (χ1n) is 7.11. The first kappa shape index (κ1) is 16.6. The first-order chi connectivity index (χ1) is 10.6. The second-order valence-electron chi connectivity index (χ2n) is 4.77. The molecule has 22 heavy (non-hydrogen) atoms. The maximum Gasteiger partial charge on any atom is 0.163 e. The summed E-state index contributed by atoms with van der Waals surface area (Å²) in [6, 6.07) is 9.82. The minimum absolute atomic E-state index is 0.266. The Bertz CT molecular complexity index is 617. The molecule has 0 amide bonds. The minimum atomic E-state index is -0.266. The highest BCUT2D eigenvalue weighted by atomic mass is 35.5. The van der Waals surface area contributed by atoms with Gasteiger partial charge in [-0.05, 0) is 43.3 Å². The van der Waals surface area contributed by atoms with Crippen molar-refractivity contribution in [3.63, 3.8) is 0 Å². The van der Waals surface area contributed by atoms with Crippen LogP contribution in [0.25, 0.3) is 0 Å². The lowest BCUT2D eigenvalue weighted by Crippen LogP contribution is -2.07. The van der Waals surface area contributed by atoms with E-state index in [1.165, 1.54) is 12.1 Å². The summed E-state index contributed by atoms with van der Waals surface area (Å²) in [5.74, 6) is 0.966. The largest absolute Gasteiger partial charge is 0.490 e. The molecule has 0 atom stereocenters. The number of benzene rings is 2. The molecule has 5 heteroatoms. The molecule has 0 saturated carbocycles. The fourth-order valence-electron chi connectivity index (χ4n) is 2.03. The molecule has 0 fully saturated rings. The highest BCUT2D eigenvalue weighted by molar-refractivity contribution is 6.31. The van der Waals surface area contributed by atoms with E-state index in [9.17, 15) is 4.39 Å². The first-order valence-corrected chi connectivity index (χ1v) is 7.49. The predicted octanol–water partition coefficient (Wildman–Crippen LogP) is 4.18. The van der Waals surface area contributed by atoms with Crippen molar-refractivity contribution < 1.29 is 13.9 Å². The van der Waals surface area contributed by atoms with Crippen molar-refractivity contribution in [2.45, 2.75) is 20.1 Å². The van der Waals surface area contributed by atoms with E-state index in [0.717, 1.165) is 11.1 Å². The van der Waals surface area contributed by atoms with Crippen molar-refractivity contribution in [3.8, 4) is 11.5 Å². The summed E-state index contributed by atoms with van der Waals surface area (Å²) in [6.45, 7) is 3.42. The van der Waals surface area contributed by atoms with Crippen LogP contribution < -0.4 is 14.8 Å². The van der Waals surface area contributed by atoms with Gasteiger partial charge in [-0.1, -0.05) is 23.7 Å². The van der Waals surface area contributed by atoms with Crippen molar-refractivity contribution in [3.05, 3.63) is 58.4 Å². The number of hydrogen-bond acceptors (Lipinski definition) is 3. The Morgan fingerprint density at radius 3 is 2.41 bits per heavy atom. The van der Waals surface area contributed by atoms with Crippen molar-refractivity contribution in [2.24, 2.45) is 0 Å². The lowest BCUT2D eigenvalue weighted by Gasteiger charge is -2.15. The molecule has 0 aliphatic carbocycles. The Labute approximate surface area is 135 Å². The maximum atomic E-state index is 12.9. The minimum Gasteiger partial charge on any atom is -0.490 e. The van der Waals surface area contributed by atoms with E-state index in [1.807, 2.05) is 20.0 Å². The third-order valence-corrected chi connectivity index (χ3v) is 3.44. The quantitative estimate of drug-likeness (QED) is 0.829. The van der Waals surface area contributed by atoms with Gasteiger partial charge < -0.3 is 14.8 Å². The molecule has 0 bridgehead atoms. The zero-order valence-electron chi connectivity index (χ0n) is 12.7. The molecule has 0 aliphatic rings. The third kappa shape index (κ3) is 4.36. The van der Waals surface area contributed by atoms with E-state index >= 15 is 0 Å². The van der Waals surface area contributed by atoms with Gasteiger partial charge in [-0.3, -0.25) is 0 Å². The summed E-state index contributed by atoms with van der Waals surface area (Å²) in [7, 11) is 1.86. The standard InChI is InChI=1S/C17H19ClFNO2/c1-3-21-16-8-13(10-20-2)15(18)9-17(16)22-11-12-4-6-14(19)7-5-12/h4-9,20H,3,10-11H2,1-2H3.